The molecule has 1 saturated heterocycles. The number of amides is 1. The molecule has 1 aromatic carbocycles. The number of hydrogen-bond acceptors (Lipinski definition) is 3. The highest BCUT2D eigenvalue weighted by Gasteiger charge is 2.55. The molecule has 24 heavy (non-hydrogen) atoms. The van der Waals surface area contributed by atoms with E-state index in [0.29, 0.717) is 21.6 Å². The summed E-state index contributed by atoms with van der Waals surface area (Å²) < 4.78 is 26.7. The Morgan fingerprint density at radius 1 is 1.08 bits per heavy atom. The van der Waals surface area contributed by atoms with Gasteiger partial charge in [-0.2, -0.15) is 0 Å². The molecule has 3 aliphatic rings. The molecule has 3 fully saturated rings. The van der Waals surface area contributed by atoms with Crippen molar-refractivity contribution in [3.05, 3.63) is 29.8 Å². The molecule has 1 amide bonds. The van der Waals surface area contributed by atoms with Gasteiger partial charge in [0.2, 0.25) is 5.91 Å². The third-order valence-electron chi connectivity index (χ3n) is 5.68. The first kappa shape index (κ1) is 16.7. The smallest absolute Gasteiger partial charge is 0.227 e. The average molecular weight is 370 g/mol. The third kappa shape index (κ3) is 2.85. The van der Waals surface area contributed by atoms with Gasteiger partial charge in [0.05, 0.1) is 4.08 Å². The van der Waals surface area contributed by atoms with Crippen molar-refractivity contribution in [3.63, 3.8) is 0 Å². The summed E-state index contributed by atoms with van der Waals surface area (Å²) in [7, 11) is 0. The Morgan fingerprint density at radius 2 is 1.75 bits per heavy atom. The van der Waals surface area contributed by atoms with Gasteiger partial charge in [-0.05, 0) is 49.7 Å². The fraction of sp³-hybridized carbons (Fsp3) is 0.611. The summed E-state index contributed by atoms with van der Waals surface area (Å²) in [6.45, 7) is 0. The van der Waals surface area contributed by atoms with Gasteiger partial charge in [0.25, 0.3) is 0 Å². The lowest BCUT2D eigenvalue weighted by atomic mass is 9.67. The Balaban J connectivity index is 1.47. The summed E-state index contributed by atoms with van der Waals surface area (Å²) >= 11 is 4.24. The molecule has 2 nitrogen and oxygen atoms in total. The van der Waals surface area contributed by atoms with Crippen molar-refractivity contribution in [1.82, 2.24) is 0 Å². The largest absolute Gasteiger partial charge is 0.326 e. The molecule has 2 saturated carbocycles. The van der Waals surface area contributed by atoms with Crippen molar-refractivity contribution >= 4 is 35.1 Å². The van der Waals surface area contributed by atoms with Crippen LogP contribution in [0.4, 0.5) is 14.5 Å². The maximum Gasteiger partial charge on any atom is 0.227 e. The van der Waals surface area contributed by atoms with Gasteiger partial charge in [-0.1, -0.05) is 6.42 Å². The first-order chi connectivity index (χ1) is 11.6. The number of carbonyl (C=O) groups is 1. The van der Waals surface area contributed by atoms with Crippen LogP contribution in [0, 0.1) is 29.4 Å². The van der Waals surface area contributed by atoms with Crippen LogP contribution >= 0.6 is 23.5 Å². The van der Waals surface area contributed by atoms with Crippen molar-refractivity contribution in [2.24, 2.45) is 17.8 Å². The molecule has 2 unspecified atom stereocenters. The molecule has 1 aromatic rings. The molecule has 1 N–H and O–H groups in total. The van der Waals surface area contributed by atoms with E-state index in [-0.39, 0.29) is 11.8 Å². The van der Waals surface area contributed by atoms with E-state index < -0.39 is 11.6 Å². The van der Waals surface area contributed by atoms with Gasteiger partial charge in [-0.15, -0.1) is 23.5 Å². The van der Waals surface area contributed by atoms with E-state index in [2.05, 4.69) is 28.8 Å². The minimum Gasteiger partial charge on any atom is -0.326 e. The quantitative estimate of drug-likeness (QED) is 0.803. The third-order valence-corrected chi connectivity index (χ3v) is 9.70. The molecule has 130 valence electrons. The van der Waals surface area contributed by atoms with Gasteiger partial charge in [-0.25, -0.2) is 8.78 Å². The number of hydrogen-bond donors (Lipinski definition) is 1. The van der Waals surface area contributed by atoms with Gasteiger partial charge in [0, 0.05) is 29.2 Å². The van der Waals surface area contributed by atoms with E-state index >= 15 is 0 Å². The first-order valence-electron chi connectivity index (χ1n) is 8.62. The van der Waals surface area contributed by atoms with Crippen LogP contribution < -0.4 is 5.32 Å². The molecule has 0 aromatic heterocycles. The highest BCUT2D eigenvalue weighted by atomic mass is 32.2. The minimum absolute atomic E-state index is 0.0131. The van der Waals surface area contributed by atoms with Crippen LogP contribution in [-0.2, 0) is 4.79 Å². The summed E-state index contributed by atoms with van der Waals surface area (Å²) in [6.07, 6.45) is 5.55. The fourth-order valence-corrected chi connectivity index (χ4v) is 8.58. The lowest BCUT2D eigenvalue weighted by Crippen LogP contribution is -2.48. The Morgan fingerprint density at radius 3 is 2.38 bits per heavy atom. The Hall–Kier alpha value is -0.750. The molecule has 1 heterocycles. The first-order valence-corrected chi connectivity index (χ1v) is 10.6. The summed E-state index contributed by atoms with van der Waals surface area (Å²) in [5, 5.41) is 2.79. The molecule has 1 spiro atoms. The van der Waals surface area contributed by atoms with Crippen molar-refractivity contribution in [2.45, 2.75) is 36.2 Å². The maximum atomic E-state index is 13.3. The fourth-order valence-electron chi connectivity index (χ4n) is 4.64. The van der Waals surface area contributed by atoms with Gasteiger partial charge in [-0.3, -0.25) is 4.79 Å². The normalized spacial score (nSPS) is 31.2. The molecular formula is C18H21F2NOS2. The second kappa shape index (κ2) is 6.52. The number of benzene rings is 1. The van der Waals surface area contributed by atoms with Gasteiger partial charge < -0.3 is 5.32 Å². The lowest BCUT2D eigenvalue weighted by Gasteiger charge is -2.52. The molecular weight excluding hydrogens is 348 g/mol. The van der Waals surface area contributed by atoms with Gasteiger partial charge in [0.15, 0.2) is 11.6 Å². The number of halogens is 2. The summed E-state index contributed by atoms with van der Waals surface area (Å²) in [5.41, 5.74) is 0.342. The van der Waals surface area contributed by atoms with Crippen LogP contribution in [0.3, 0.4) is 0 Å². The minimum atomic E-state index is -0.925. The van der Waals surface area contributed by atoms with Crippen LogP contribution in [0.2, 0.25) is 0 Å². The van der Waals surface area contributed by atoms with E-state index in [0.717, 1.165) is 25.0 Å². The van der Waals surface area contributed by atoms with Crippen LogP contribution in [-0.4, -0.2) is 21.5 Å². The number of carbonyl (C=O) groups excluding carboxylic acids is 1. The van der Waals surface area contributed by atoms with Crippen molar-refractivity contribution in [2.75, 3.05) is 16.8 Å². The Bertz CT molecular complexity index is 632. The monoisotopic (exact) mass is 369 g/mol. The Kier molecular flexibility index (Phi) is 4.54. The lowest BCUT2D eigenvalue weighted by molar-refractivity contribution is -0.122. The van der Waals surface area contributed by atoms with Crippen LogP contribution in [0.15, 0.2) is 18.2 Å². The highest BCUT2D eigenvalue weighted by molar-refractivity contribution is 8.21. The second-order valence-electron chi connectivity index (χ2n) is 7.03. The molecule has 2 bridgehead atoms. The van der Waals surface area contributed by atoms with E-state index in [4.69, 9.17) is 0 Å². The predicted molar refractivity (Wildman–Crippen MR) is 96.2 cm³/mol. The van der Waals surface area contributed by atoms with Gasteiger partial charge >= 0.3 is 0 Å². The number of rotatable bonds is 2. The van der Waals surface area contributed by atoms with E-state index in [1.165, 1.54) is 36.8 Å². The number of nitrogens with one attached hydrogen (secondary N) is 1. The van der Waals surface area contributed by atoms with Crippen LogP contribution in [0.25, 0.3) is 0 Å². The molecule has 2 aliphatic carbocycles. The zero-order valence-electron chi connectivity index (χ0n) is 13.4. The standard InChI is InChI=1S/C18H21F2NOS2/c19-15-5-4-14(10-16(15)20)21-17(22)11-8-12-2-1-3-13(9-11)18(12)23-6-7-24-18/h4-5,10-13H,1-3,6-9H2,(H,21,22). The zero-order chi connectivity index (χ0) is 16.7. The Labute approximate surface area is 149 Å². The van der Waals surface area contributed by atoms with Crippen molar-refractivity contribution in [3.8, 4) is 0 Å². The SMILES string of the molecule is O=C(Nc1ccc(F)c(F)c1)C1CC2CCCC(C1)C21SCCS1. The van der Waals surface area contributed by atoms with Gasteiger partial charge in [0.1, 0.15) is 0 Å². The van der Waals surface area contributed by atoms with E-state index in [1.54, 1.807) is 0 Å². The summed E-state index contributed by atoms with van der Waals surface area (Å²) in [5.74, 6) is 1.78. The summed E-state index contributed by atoms with van der Waals surface area (Å²) in [6, 6.07) is 3.53. The predicted octanol–water partition coefficient (Wildman–Crippen LogP) is 4.91. The highest BCUT2D eigenvalue weighted by Crippen LogP contribution is 2.64. The topological polar surface area (TPSA) is 29.1 Å². The molecule has 2 atom stereocenters. The number of anilines is 1. The molecule has 4 rings (SSSR count). The van der Waals surface area contributed by atoms with Crippen molar-refractivity contribution in [1.29, 1.82) is 0 Å². The second-order valence-corrected chi connectivity index (χ2v) is 10.0. The number of thioether (sulfide) groups is 2. The van der Waals surface area contributed by atoms with Crippen LogP contribution in [0.1, 0.15) is 32.1 Å². The van der Waals surface area contributed by atoms with Crippen molar-refractivity contribution < 1.29 is 13.6 Å². The van der Waals surface area contributed by atoms with E-state index in [9.17, 15) is 13.6 Å². The molecule has 0 radical (unpaired) electrons. The molecule has 6 heteroatoms. The zero-order valence-corrected chi connectivity index (χ0v) is 15.0. The van der Waals surface area contributed by atoms with Crippen LogP contribution in [0.5, 0.6) is 0 Å². The summed E-state index contributed by atoms with van der Waals surface area (Å²) in [4.78, 5) is 12.7. The average Bonchev–Trinajstić information content (AvgIpc) is 3.00. The molecule has 1 aliphatic heterocycles. The van der Waals surface area contributed by atoms with E-state index in [1.807, 2.05) is 0 Å². The maximum absolute atomic E-state index is 13.3.